The normalized spacial score (nSPS) is 14.6. The number of para-hydroxylation sites is 1. The van der Waals surface area contributed by atoms with Crippen molar-refractivity contribution in [3.05, 3.63) is 84.1 Å². The van der Waals surface area contributed by atoms with Crippen LogP contribution < -0.4 is 15.1 Å². The van der Waals surface area contributed by atoms with Gasteiger partial charge >= 0.3 is 0 Å². The fourth-order valence-corrected chi connectivity index (χ4v) is 4.25. The summed E-state index contributed by atoms with van der Waals surface area (Å²) < 4.78 is 20.3. The van der Waals surface area contributed by atoms with Crippen LogP contribution in [0.2, 0.25) is 0 Å². The van der Waals surface area contributed by atoms with Crippen molar-refractivity contribution in [3.63, 3.8) is 0 Å². The fraction of sp³-hybridized carbons (Fsp3) is 0.308. The predicted molar refractivity (Wildman–Crippen MR) is 126 cm³/mol. The van der Waals surface area contributed by atoms with E-state index in [1.165, 1.54) is 29.4 Å². The molecule has 1 fully saturated rings. The number of benzene rings is 2. The zero-order chi connectivity index (χ0) is 23.4. The predicted octanol–water partition coefficient (Wildman–Crippen LogP) is 4.93. The van der Waals surface area contributed by atoms with E-state index in [2.05, 4.69) is 5.32 Å². The average molecular weight is 450 g/mol. The lowest BCUT2D eigenvalue weighted by atomic mass is 10.0. The minimum atomic E-state index is -1.07. The first-order valence-corrected chi connectivity index (χ1v) is 11.1. The van der Waals surface area contributed by atoms with Gasteiger partial charge in [0.15, 0.2) is 5.76 Å². The van der Waals surface area contributed by atoms with Crippen LogP contribution in [0, 0.1) is 5.82 Å². The van der Waals surface area contributed by atoms with Crippen LogP contribution >= 0.6 is 0 Å². The molecule has 1 aromatic heterocycles. The van der Waals surface area contributed by atoms with E-state index < -0.39 is 17.8 Å². The van der Waals surface area contributed by atoms with Gasteiger partial charge in [-0.3, -0.25) is 14.5 Å². The zero-order valence-corrected chi connectivity index (χ0v) is 18.8. The molecule has 0 aliphatic heterocycles. The van der Waals surface area contributed by atoms with E-state index in [1.807, 2.05) is 31.1 Å². The third-order valence-electron chi connectivity index (χ3n) is 6.00. The van der Waals surface area contributed by atoms with E-state index in [1.54, 1.807) is 30.3 Å². The first kappa shape index (κ1) is 22.6. The fourth-order valence-electron chi connectivity index (χ4n) is 4.25. The van der Waals surface area contributed by atoms with Crippen molar-refractivity contribution in [1.29, 1.82) is 0 Å². The van der Waals surface area contributed by atoms with Crippen LogP contribution in [0.4, 0.5) is 15.8 Å². The second-order valence-corrected chi connectivity index (χ2v) is 8.48. The van der Waals surface area contributed by atoms with Gasteiger partial charge in [-0.15, -0.1) is 0 Å². The highest BCUT2D eigenvalue weighted by molar-refractivity contribution is 6.08. The first-order valence-electron chi connectivity index (χ1n) is 11.1. The van der Waals surface area contributed by atoms with Gasteiger partial charge < -0.3 is 14.6 Å². The minimum Gasteiger partial charge on any atom is -0.459 e. The van der Waals surface area contributed by atoms with Crippen molar-refractivity contribution in [2.75, 3.05) is 23.9 Å². The van der Waals surface area contributed by atoms with Gasteiger partial charge in [0.2, 0.25) is 5.91 Å². The summed E-state index contributed by atoms with van der Waals surface area (Å²) in [5.74, 6) is -1.50. The van der Waals surface area contributed by atoms with Crippen molar-refractivity contribution < 1.29 is 18.4 Å². The third-order valence-corrected chi connectivity index (χ3v) is 6.00. The Bertz CT molecular complexity index is 1090. The molecule has 7 heteroatoms. The SMILES string of the molecule is CN(C)c1ccc(C(C(=O)NC2CCCC2)N(C(=O)c2ccco2)c2ccccc2F)cc1. The molecule has 0 spiro atoms. The highest BCUT2D eigenvalue weighted by Gasteiger charge is 2.37. The summed E-state index contributed by atoms with van der Waals surface area (Å²) in [4.78, 5) is 30.4. The van der Waals surface area contributed by atoms with Gasteiger partial charge in [-0.05, 0) is 54.8 Å². The van der Waals surface area contributed by atoms with Gasteiger partial charge in [-0.25, -0.2) is 4.39 Å². The second kappa shape index (κ2) is 9.90. The number of nitrogens with one attached hydrogen (secondary N) is 1. The number of anilines is 2. The van der Waals surface area contributed by atoms with E-state index >= 15 is 0 Å². The maximum absolute atomic E-state index is 15.0. The van der Waals surface area contributed by atoms with Gasteiger partial charge in [-0.2, -0.15) is 0 Å². The Balaban J connectivity index is 1.82. The Kier molecular flexibility index (Phi) is 6.77. The number of carbonyl (C=O) groups is 2. The Labute approximate surface area is 193 Å². The lowest BCUT2D eigenvalue weighted by Crippen LogP contribution is -2.46. The average Bonchev–Trinajstić information content (AvgIpc) is 3.52. The monoisotopic (exact) mass is 449 g/mol. The largest absolute Gasteiger partial charge is 0.459 e. The molecule has 0 saturated heterocycles. The summed E-state index contributed by atoms with van der Waals surface area (Å²) in [6.45, 7) is 0. The maximum atomic E-state index is 15.0. The summed E-state index contributed by atoms with van der Waals surface area (Å²) in [5.41, 5.74) is 1.55. The molecule has 0 radical (unpaired) electrons. The molecule has 172 valence electrons. The van der Waals surface area contributed by atoms with E-state index in [-0.39, 0.29) is 23.4 Å². The van der Waals surface area contributed by atoms with Gasteiger partial charge in [0.05, 0.1) is 12.0 Å². The van der Waals surface area contributed by atoms with Crippen LogP contribution in [-0.4, -0.2) is 32.0 Å². The number of nitrogens with zero attached hydrogens (tertiary/aromatic N) is 2. The number of hydrogen-bond donors (Lipinski definition) is 1. The van der Waals surface area contributed by atoms with E-state index in [0.29, 0.717) is 5.56 Å². The Morgan fingerprint density at radius 3 is 2.30 bits per heavy atom. The summed E-state index contributed by atoms with van der Waals surface area (Å²) in [6, 6.07) is 15.4. The molecule has 3 aromatic rings. The van der Waals surface area contributed by atoms with Gasteiger partial charge in [0.1, 0.15) is 11.9 Å². The first-order chi connectivity index (χ1) is 16.0. The third kappa shape index (κ3) is 4.92. The Hall–Kier alpha value is -3.61. The van der Waals surface area contributed by atoms with Crippen LogP contribution in [0.1, 0.15) is 47.8 Å². The van der Waals surface area contributed by atoms with Crippen LogP contribution in [0.5, 0.6) is 0 Å². The molecule has 1 saturated carbocycles. The smallest absolute Gasteiger partial charge is 0.295 e. The number of rotatable bonds is 7. The standard InChI is InChI=1S/C26H28FN3O3/c1-29(2)20-15-13-18(14-16-20)24(25(31)28-19-8-3-4-9-19)30(22-11-6-5-10-21(22)27)26(32)23-12-7-17-33-23/h5-7,10-17,19,24H,3-4,8-9H2,1-2H3,(H,28,31). The summed E-state index contributed by atoms with van der Waals surface area (Å²) >= 11 is 0. The number of carbonyl (C=O) groups excluding carboxylic acids is 2. The zero-order valence-electron chi connectivity index (χ0n) is 18.8. The highest BCUT2D eigenvalue weighted by atomic mass is 19.1. The van der Waals surface area contributed by atoms with Crippen LogP contribution in [0.3, 0.4) is 0 Å². The minimum absolute atomic E-state index is 0.0159. The van der Waals surface area contributed by atoms with Crippen molar-refractivity contribution >= 4 is 23.2 Å². The van der Waals surface area contributed by atoms with Crippen molar-refractivity contribution in [2.24, 2.45) is 0 Å². The van der Waals surface area contributed by atoms with Crippen LogP contribution in [-0.2, 0) is 4.79 Å². The van der Waals surface area contributed by atoms with E-state index in [9.17, 15) is 14.0 Å². The van der Waals surface area contributed by atoms with E-state index in [0.717, 1.165) is 31.4 Å². The molecule has 2 amide bonds. The number of hydrogen-bond acceptors (Lipinski definition) is 4. The topological polar surface area (TPSA) is 65.8 Å². The van der Waals surface area contributed by atoms with Crippen molar-refractivity contribution in [3.8, 4) is 0 Å². The molecule has 1 heterocycles. The number of amides is 2. The summed E-state index contributed by atoms with van der Waals surface area (Å²) in [6.07, 6.45) is 5.27. The molecule has 33 heavy (non-hydrogen) atoms. The molecule has 2 aromatic carbocycles. The van der Waals surface area contributed by atoms with Crippen LogP contribution in [0.25, 0.3) is 0 Å². The number of halogens is 1. The molecule has 1 unspecified atom stereocenters. The molecule has 1 N–H and O–H groups in total. The number of furan rings is 1. The van der Waals surface area contributed by atoms with Gasteiger partial charge in [-0.1, -0.05) is 37.1 Å². The molecule has 4 rings (SSSR count). The maximum Gasteiger partial charge on any atom is 0.295 e. The second-order valence-electron chi connectivity index (χ2n) is 8.48. The van der Waals surface area contributed by atoms with Crippen molar-refractivity contribution in [2.45, 2.75) is 37.8 Å². The Morgan fingerprint density at radius 1 is 1.00 bits per heavy atom. The van der Waals surface area contributed by atoms with Crippen molar-refractivity contribution in [1.82, 2.24) is 5.32 Å². The lowest BCUT2D eigenvalue weighted by Gasteiger charge is -2.32. The molecule has 6 nitrogen and oxygen atoms in total. The Morgan fingerprint density at radius 2 is 1.70 bits per heavy atom. The molecule has 1 atom stereocenters. The summed E-state index contributed by atoms with van der Waals surface area (Å²) in [5, 5.41) is 3.09. The lowest BCUT2D eigenvalue weighted by molar-refractivity contribution is -0.123. The van der Waals surface area contributed by atoms with E-state index in [4.69, 9.17) is 4.42 Å². The molecule has 1 aliphatic rings. The molecule has 0 bridgehead atoms. The van der Waals surface area contributed by atoms with Crippen LogP contribution in [0.15, 0.2) is 71.3 Å². The quantitative estimate of drug-likeness (QED) is 0.555. The molecule has 1 aliphatic carbocycles. The highest BCUT2D eigenvalue weighted by Crippen LogP contribution is 2.33. The molecular weight excluding hydrogens is 421 g/mol. The molecular formula is C26H28FN3O3. The van der Waals surface area contributed by atoms with Gasteiger partial charge in [0, 0.05) is 25.8 Å². The van der Waals surface area contributed by atoms with Gasteiger partial charge in [0.25, 0.3) is 5.91 Å². The summed E-state index contributed by atoms with van der Waals surface area (Å²) in [7, 11) is 3.84.